The number of hydrogen-bond donors (Lipinski definition) is 0. The highest BCUT2D eigenvalue weighted by molar-refractivity contribution is 6.33. The van der Waals surface area contributed by atoms with E-state index >= 15 is 0 Å². The SMILES string of the molecule is COCCN(Cc1ccco1)c1ncc(C#N)cc1Cl. The van der Waals surface area contributed by atoms with Crippen LogP contribution in [-0.2, 0) is 11.3 Å². The van der Waals surface area contributed by atoms with Gasteiger partial charge in [0.15, 0.2) is 0 Å². The van der Waals surface area contributed by atoms with Gasteiger partial charge in [0.1, 0.15) is 17.6 Å². The van der Waals surface area contributed by atoms with Gasteiger partial charge in [-0.3, -0.25) is 0 Å². The minimum absolute atomic E-state index is 0.434. The number of rotatable bonds is 6. The number of hydrogen-bond acceptors (Lipinski definition) is 5. The van der Waals surface area contributed by atoms with Crippen molar-refractivity contribution in [3.05, 3.63) is 47.0 Å². The molecule has 0 aliphatic rings. The monoisotopic (exact) mass is 291 g/mol. The van der Waals surface area contributed by atoms with E-state index in [4.69, 9.17) is 26.0 Å². The van der Waals surface area contributed by atoms with Crippen molar-refractivity contribution in [3.63, 3.8) is 0 Å². The molecule has 0 amide bonds. The lowest BCUT2D eigenvalue weighted by atomic mass is 10.3. The molecule has 0 saturated carbocycles. The lowest BCUT2D eigenvalue weighted by molar-refractivity contribution is 0.204. The lowest BCUT2D eigenvalue weighted by Gasteiger charge is -2.23. The first-order valence-corrected chi connectivity index (χ1v) is 6.44. The second-order valence-electron chi connectivity index (χ2n) is 4.13. The van der Waals surface area contributed by atoms with Crippen LogP contribution in [0.3, 0.4) is 0 Å². The van der Waals surface area contributed by atoms with Crippen molar-refractivity contribution in [3.8, 4) is 6.07 Å². The van der Waals surface area contributed by atoms with Gasteiger partial charge in [0.25, 0.3) is 0 Å². The van der Waals surface area contributed by atoms with Crippen molar-refractivity contribution in [2.24, 2.45) is 0 Å². The van der Waals surface area contributed by atoms with Gasteiger partial charge in [-0.2, -0.15) is 5.26 Å². The Hall–Kier alpha value is -2.03. The van der Waals surface area contributed by atoms with E-state index in [0.717, 1.165) is 5.76 Å². The van der Waals surface area contributed by atoms with Gasteiger partial charge in [0.2, 0.25) is 0 Å². The first-order chi connectivity index (χ1) is 9.74. The van der Waals surface area contributed by atoms with Crippen LogP contribution in [0.4, 0.5) is 5.82 Å². The number of nitriles is 1. The summed E-state index contributed by atoms with van der Waals surface area (Å²) in [6.07, 6.45) is 3.13. The first-order valence-electron chi connectivity index (χ1n) is 6.06. The maximum atomic E-state index is 8.84. The Labute approximate surface area is 122 Å². The Kier molecular flexibility index (Phi) is 4.99. The fraction of sp³-hybridized carbons (Fsp3) is 0.286. The maximum Gasteiger partial charge on any atom is 0.147 e. The average Bonchev–Trinajstić information content (AvgIpc) is 2.96. The summed E-state index contributed by atoms with van der Waals surface area (Å²) in [6, 6.07) is 7.33. The van der Waals surface area contributed by atoms with Crippen molar-refractivity contribution >= 4 is 17.4 Å². The van der Waals surface area contributed by atoms with E-state index in [-0.39, 0.29) is 0 Å². The van der Waals surface area contributed by atoms with E-state index in [2.05, 4.69) is 4.98 Å². The Morgan fingerprint density at radius 2 is 2.40 bits per heavy atom. The van der Waals surface area contributed by atoms with Crippen molar-refractivity contribution in [1.29, 1.82) is 5.26 Å². The third-order valence-corrected chi connectivity index (χ3v) is 3.02. The topological polar surface area (TPSA) is 62.3 Å². The van der Waals surface area contributed by atoms with Gasteiger partial charge in [-0.15, -0.1) is 0 Å². The minimum Gasteiger partial charge on any atom is -0.467 e. The molecule has 0 N–H and O–H groups in total. The Morgan fingerprint density at radius 3 is 3.00 bits per heavy atom. The van der Waals surface area contributed by atoms with E-state index in [1.807, 2.05) is 23.1 Å². The molecule has 104 valence electrons. The summed E-state index contributed by atoms with van der Waals surface area (Å²) in [5.41, 5.74) is 0.434. The standard InChI is InChI=1S/C14H14ClN3O2/c1-19-6-4-18(10-12-3-2-5-20-12)14-13(15)7-11(8-16)9-17-14/h2-3,5,7,9H,4,6,10H2,1H3. The fourth-order valence-electron chi connectivity index (χ4n) is 1.78. The van der Waals surface area contributed by atoms with Crippen LogP contribution < -0.4 is 4.90 Å². The predicted molar refractivity (Wildman–Crippen MR) is 75.6 cm³/mol. The molecule has 2 aromatic heterocycles. The van der Waals surface area contributed by atoms with Gasteiger partial charge in [0, 0.05) is 19.9 Å². The summed E-state index contributed by atoms with van der Waals surface area (Å²) < 4.78 is 10.4. The van der Waals surface area contributed by atoms with Gasteiger partial charge in [0.05, 0.1) is 30.0 Å². The molecule has 0 unspecified atom stereocenters. The van der Waals surface area contributed by atoms with Crippen molar-refractivity contribution in [1.82, 2.24) is 4.98 Å². The minimum atomic E-state index is 0.434. The summed E-state index contributed by atoms with van der Waals surface area (Å²) >= 11 is 6.20. The largest absolute Gasteiger partial charge is 0.467 e. The Balaban J connectivity index is 2.23. The molecule has 2 aromatic rings. The number of aromatic nitrogens is 1. The molecule has 0 aliphatic carbocycles. The number of ether oxygens (including phenoxy) is 1. The van der Waals surface area contributed by atoms with Gasteiger partial charge in [-0.05, 0) is 18.2 Å². The van der Waals surface area contributed by atoms with Crippen LogP contribution in [0.2, 0.25) is 5.02 Å². The molecule has 0 saturated heterocycles. The van der Waals surface area contributed by atoms with E-state index in [1.54, 1.807) is 19.4 Å². The van der Waals surface area contributed by atoms with E-state index in [0.29, 0.717) is 36.1 Å². The van der Waals surface area contributed by atoms with Gasteiger partial charge in [-0.25, -0.2) is 4.98 Å². The molecule has 0 atom stereocenters. The molecule has 20 heavy (non-hydrogen) atoms. The Morgan fingerprint density at radius 1 is 1.55 bits per heavy atom. The van der Waals surface area contributed by atoms with Crippen LogP contribution in [-0.4, -0.2) is 25.2 Å². The summed E-state index contributed by atoms with van der Waals surface area (Å²) in [5.74, 6) is 1.42. The second kappa shape index (κ2) is 6.94. The number of halogens is 1. The number of pyridine rings is 1. The normalized spacial score (nSPS) is 10.2. The molecule has 0 spiro atoms. The second-order valence-corrected chi connectivity index (χ2v) is 4.54. The zero-order valence-electron chi connectivity index (χ0n) is 11.0. The number of anilines is 1. The highest BCUT2D eigenvalue weighted by Gasteiger charge is 2.14. The molecule has 2 heterocycles. The predicted octanol–water partition coefficient (Wildman–Crippen LogP) is 2.85. The quantitative estimate of drug-likeness (QED) is 0.819. The van der Waals surface area contributed by atoms with Crippen LogP contribution in [0.1, 0.15) is 11.3 Å². The van der Waals surface area contributed by atoms with Gasteiger partial charge in [-0.1, -0.05) is 11.6 Å². The lowest BCUT2D eigenvalue weighted by Crippen LogP contribution is -2.27. The number of nitrogens with zero attached hydrogens (tertiary/aromatic N) is 3. The molecular weight excluding hydrogens is 278 g/mol. The summed E-state index contributed by atoms with van der Waals surface area (Å²) in [5, 5.41) is 9.28. The molecule has 0 aliphatic heterocycles. The third kappa shape index (κ3) is 3.50. The molecule has 2 rings (SSSR count). The highest BCUT2D eigenvalue weighted by atomic mass is 35.5. The van der Waals surface area contributed by atoms with Crippen LogP contribution in [0.25, 0.3) is 0 Å². The molecule has 0 fully saturated rings. The maximum absolute atomic E-state index is 8.84. The Bertz CT molecular complexity index is 593. The van der Waals surface area contributed by atoms with Gasteiger partial charge >= 0.3 is 0 Å². The van der Waals surface area contributed by atoms with E-state index in [9.17, 15) is 0 Å². The molecule has 0 aromatic carbocycles. The molecule has 5 nitrogen and oxygen atoms in total. The van der Waals surface area contributed by atoms with Crippen molar-refractivity contribution < 1.29 is 9.15 Å². The van der Waals surface area contributed by atoms with Crippen molar-refractivity contribution in [2.45, 2.75) is 6.54 Å². The van der Waals surface area contributed by atoms with E-state index in [1.165, 1.54) is 6.20 Å². The average molecular weight is 292 g/mol. The summed E-state index contributed by atoms with van der Waals surface area (Å²) in [6.45, 7) is 1.70. The van der Waals surface area contributed by atoms with E-state index < -0.39 is 0 Å². The molecule has 0 bridgehead atoms. The van der Waals surface area contributed by atoms with Gasteiger partial charge < -0.3 is 14.1 Å². The third-order valence-electron chi connectivity index (χ3n) is 2.74. The summed E-state index contributed by atoms with van der Waals surface area (Å²) in [7, 11) is 1.64. The number of furan rings is 1. The zero-order chi connectivity index (χ0) is 14.4. The molecule has 6 heteroatoms. The fourth-order valence-corrected chi connectivity index (χ4v) is 2.06. The van der Waals surface area contributed by atoms with Crippen LogP contribution in [0.5, 0.6) is 0 Å². The highest BCUT2D eigenvalue weighted by Crippen LogP contribution is 2.25. The smallest absolute Gasteiger partial charge is 0.147 e. The molecule has 0 radical (unpaired) electrons. The zero-order valence-corrected chi connectivity index (χ0v) is 11.8. The van der Waals surface area contributed by atoms with Crippen molar-refractivity contribution in [2.75, 3.05) is 25.2 Å². The first kappa shape index (κ1) is 14.4. The molecular formula is C14H14ClN3O2. The number of methoxy groups -OCH3 is 1. The van der Waals surface area contributed by atoms with Crippen LogP contribution in [0.15, 0.2) is 35.1 Å². The summed E-state index contributed by atoms with van der Waals surface area (Å²) in [4.78, 5) is 6.21. The van der Waals surface area contributed by atoms with Crippen LogP contribution >= 0.6 is 11.6 Å². The van der Waals surface area contributed by atoms with Crippen LogP contribution in [0, 0.1) is 11.3 Å².